The molecule has 22 heavy (non-hydrogen) atoms. The maximum atomic E-state index is 12.3. The van der Waals surface area contributed by atoms with Crippen LogP contribution in [0.2, 0.25) is 0 Å². The fourth-order valence-electron chi connectivity index (χ4n) is 3.18. The lowest BCUT2D eigenvalue weighted by Gasteiger charge is -2.34. The van der Waals surface area contributed by atoms with E-state index in [2.05, 4.69) is 10.2 Å². The second-order valence-corrected chi connectivity index (χ2v) is 7.14. The predicted molar refractivity (Wildman–Crippen MR) is 89.2 cm³/mol. The Morgan fingerprint density at radius 3 is 2.68 bits per heavy atom. The fraction of sp³-hybridized carbons (Fsp3) is 0.688. The molecule has 0 bridgehead atoms. The summed E-state index contributed by atoms with van der Waals surface area (Å²) in [5.41, 5.74) is 0. The van der Waals surface area contributed by atoms with Crippen LogP contribution in [0.25, 0.3) is 0 Å². The summed E-state index contributed by atoms with van der Waals surface area (Å²) in [6.07, 6.45) is 5.48. The van der Waals surface area contributed by atoms with Gasteiger partial charge in [-0.1, -0.05) is 6.42 Å². The molecule has 1 aromatic rings. The van der Waals surface area contributed by atoms with E-state index in [1.54, 1.807) is 6.26 Å². The summed E-state index contributed by atoms with van der Waals surface area (Å²) >= 11 is 1.92. The Morgan fingerprint density at radius 2 is 2.00 bits per heavy atom. The third kappa shape index (κ3) is 3.98. The van der Waals surface area contributed by atoms with Crippen LogP contribution in [-0.2, 0) is 0 Å². The molecule has 0 unspecified atom stereocenters. The van der Waals surface area contributed by atoms with Gasteiger partial charge in [0.2, 0.25) is 0 Å². The normalized spacial score (nSPS) is 21.5. The van der Waals surface area contributed by atoms with Gasteiger partial charge in [-0.05, 0) is 38.1 Å². The van der Waals surface area contributed by atoms with Crippen molar-refractivity contribution in [2.75, 3.05) is 44.2 Å². The topological polar surface area (TPSA) is 48.7 Å². The van der Waals surface area contributed by atoms with Crippen LogP contribution in [0.4, 0.5) is 4.79 Å². The summed E-state index contributed by atoms with van der Waals surface area (Å²) in [4.78, 5) is 16.7. The Bertz CT molecular complexity index is 454. The monoisotopic (exact) mass is 323 g/mol. The van der Waals surface area contributed by atoms with Gasteiger partial charge in [0.05, 0.1) is 12.3 Å². The Kier molecular flexibility index (Phi) is 5.67. The molecule has 6 heteroatoms. The molecule has 0 aromatic carbocycles. The van der Waals surface area contributed by atoms with Crippen molar-refractivity contribution in [2.45, 2.75) is 25.3 Å². The number of urea groups is 1. The number of hydrogen-bond donors (Lipinski definition) is 1. The summed E-state index contributed by atoms with van der Waals surface area (Å²) in [7, 11) is 0. The molecule has 2 aliphatic heterocycles. The maximum Gasteiger partial charge on any atom is 0.317 e. The zero-order valence-corrected chi connectivity index (χ0v) is 13.8. The van der Waals surface area contributed by atoms with Crippen molar-refractivity contribution in [1.82, 2.24) is 15.1 Å². The smallest absolute Gasteiger partial charge is 0.317 e. The number of furan rings is 1. The Balaban J connectivity index is 1.58. The summed E-state index contributed by atoms with van der Waals surface area (Å²) in [6.45, 7) is 4.50. The molecule has 1 aromatic heterocycles. The van der Waals surface area contributed by atoms with Gasteiger partial charge in [-0.3, -0.25) is 4.90 Å². The van der Waals surface area contributed by atoms with E-state index in [0.29, 0.717) is 6.54 Å². The first-order valence-electron chi connectivity index (χ1n) is 8.22. The number of thioether (sulfide) groups is 1. The van der Waals surface area contributed by atoms with Gasteiger partial charge in [0.15, 0.2) is 0 Å². The van der Waals surface area contributed by atoms with Gasteiger partial charge in [-0.15, -0.1) is 0 Å². The number of carbonyl (C=O) groups is 1. The highest BCUT2D eigenvalue weighted by atomic mass is 32.2. The van der Waals surface area contributed by atoms with Crippen molar-refractivity contribution in [2.24, 2.45) is 0 Å². The minimum atomic E-state index is 0.0638. The van der Waals surface area contributed by atoms with E-state index >= 15 is 0 Å². The van der Waals surface area contributed by atoms with Crippen LogP contribution in [0, 0.1) is 0 Å². The first kappa shape index (κ1) is 15.7. The van der Waals surface area contributed by atoms with Crippen molar-refractivity contribution in [3.05, 3.63) is 24.2 Å². The van der Waals surface area contributed by atoms with Gasteiger partial charge in [-0.25, -0.2) is 4.79 Å². The standard InChI is InChI=1S/C16H25N3O2S/c20-16(19-8-11-22-12-9-19)17-13-14(15-5-4-10-21-15)18-6-2-1-3-7-18/h4-5,10,14H,1-3,6-9,11-13H2,(H,17,20)/t14-/m1/s1. The maximum absolute atomic E-state index is 12.3. The summed E-state index contributed by atoms with van der Waals surface area (Å²) in [5.74, 6) is 3.04. The van der Waals surface area contributed by atoms with Gasteiger partial charge in [0.1, 0.15) is 5.76 Å². The van der Waals surface area contributed by atoms with Gasteiger partial charge in [0.25, 0.3) is 0 Å². The zero-order valence-electron chi connectivity index (χ0n) is 13.0. The van der Waals surface area contributed by atoms with Gasteiger partial charge < -0.3 is 14.6 Å². The van der Waals surface area contributed by atoms with Gasteiger partial charge in [0, 0.05) is 31.1 Å². The molecule has 2 amide bonds. The van der Waals surface area contributed by atoms with E-state index in [0.717, 1.165) is 43.4 Å². The summed E-state index contributed by atoms with van der Waals surface area (Å²) < 4.78 is 5.62. The van der Waals surface area contributed by atoms with E-state index < -0.39 is 0 Å². The number of carbonyl (C=O) groups excluding carboxylic acids is 1. The predicted octanol–water partition coefficient (Wildman–Crippen LogP) is 2.57. The lowest BCUT2D eigenvalue weighted by molar-refractivity contribution is 0.140. The number of amides is 2. The fourth-order valence-corrected chi connectivity index (χ4v) is 4.09. The molecule has 0 aliphatic carbocycles. The Labute approximate surface area is 136 Å². The molecule has 2 fully saturated rings. The third-order valence-electron chi connectivity index (χ3n) is 4.45. The first-order valence-corrected chi connectivity index (χ1v) is 9.38. The van der Waals surface area contributed by atoms with Crippen molar-refractivity contribution in [3.8, 4) is 0 Å². The molecule has 0 radical (unpaired) electrons. The van der Waals surface area contributed by atoms with E-state index in [-0.39, 0.29) is 12.1 Å². The molecule has 1 atom stereocenters. The molecule has 0 saturated carbocycles. The molecule has 122 valence electrons. The van der Waals surface area contributed by atoms with E-state index in [4.69, 9.17) is 4.42 Å². The van der Waals surface area contributed by atoms with Gasteiger partial charge in [-0.2, -0.15) is 11.8 Å². The highest BCUT2D eigenvalue weighted by Gasteiger charge is 2.26. The number of hydrogen-bond acceptors (Lipinski definition) is 4. The van der Waals surface area contributed by atoms with Crippen molar-refractivity contribution >= 4 is 17.8 Å². The highest BCUT2D eigenvalue weighted by Crippen LogP contribution is 2.24. The average Bonchev–Trinajstić information content (AvgIpc) is 3.11. The number of nitrogens with one attached hydrogen (secondary N) is 1. The van der Waals surface area contributed by atoms with Gasteiger partial charge >= 0.3 is 6.03 Å². The van der Waals surface area contributed by atoms with Crippen LogP contribution >= 0.6 is 11.8 Å². The molecule has 3 heterocycles. The lowest BCUT2D eigenvalue weighted by atomic mass is 10.1. The zero-order chi connectivity index (χ0) is 15.2. The first-order chi connectivity index (χ1) is 10.8. The van der Waals surface area contributed by atoms with Crippen LogP contribution in [-0.4, -0.2) is 60.1 Å². The minimum absolute atomic E-state index is 0.0638. The molecule has 3 rings (SSSR count). The van der Waals surface area contributed by atoms with Crippen molar-refractivity contribution < 1.29 is 9.21 Å². The number of rotatable bonds is 4. The molecular formula is C16H25N3O2S. The average molecular weight is 323 g/mol. The summed E-state index contributed by atoms with van der Waals surface area (Å²) in [5, 5.41) is 3.11. The molecule has 2 aliphatic rings. The number of likely N-dealkylation sites (tertiary alicyclic amines) is 1. The SMILES string of the molecule is O=C(NC[C@H](c1ccco1)N1CCCCC1)N1CCSCC1. The second kappa shape index (κ2) is 7.92. The lowest BCUT2D eigenvalue weighted by Crippen LogP contribution is -2.47. The van der Waals surface area contributed by atoms with Crippen LogP contribution in [0.1, 0.15) is 31.1 Å². The number of nitrogens with zero attached hydrogens (tertiary/aromatic N) is 2. The second-order valence-electron chi connectivity index (χ2n) is 5.91. The van der Waals surface area contributed by atoms with E-state index in [1.165, 1.54) is 19.3 Å². The largest absolute Gasteiger partial charge is 0.468 e. The van der Waals surface area contributed by atoms with Crippen molar-refractivity contribution in [1.29, 1.82) is 0 Å². The van der Waals surface area contributed by atoms with E-state index in [1.807, 2.05) is 28.8 Å². The van der Waals surface area contributed by atoms with Crippen molar-refractivity contribution in [3.63, 3.8) is 0 Å². The minimum Gasteiger partial charge on any atom is -0.468 e. The van der Waals surface area contributed by atoms with Crippen LogP contribution < -0.4 is 5.32 Å². The molecular weight excluding hydrogens is 298 g/mol. The molecule has 0 spiro atoms. The quantitative estimate of drug-likeness (QED) is 0.925. The number of piperidine rings is 1. The molecule has 1 N–H and O–H groups in total. The molecule has 2 saturated heterocycles. The van der Waals surface area contributed by atoms with Crippen LogP contribution in [0.15, 0.2) is 22.8 Å². The highest BCUT2D eigenvalue weighted by molar-refractivity contribution is 7.99. The van der Waals surface area contributed by atoms with E-state index in [9.17, 15) is 4.79 Å². The van der Waals surface area contributed by atoms with Crippen LogP contribution in [0.3, 0.4) is 0 Å². The Hall–Kier alpha value is -1.14. The summed E-state index contributed by atoms with van der Waals surface area (Å²) in [6, 6.07) is 4.16. The molecule has 5 nitrogen and oxygen atoms in total. The third-order valence-corrected chi connectivity index (χ3v) is 5.39. The van der Waals surface area contributed by atoms with Crippen LogP contribution in [0.5, 0.6) is 0 Å². The Morgan fingerprint density at radius 1 is 1.23 bits per heavy atom.